The van der Waals surface area contributed by atoms with E-state index in [1.807, 2.05) is 31.2 Å². The molecule has 1 amide bonds. The maximum atomic E-state index is 12.3. The van der Waals surface area contributed by atoms with Gasteiger partial charge in [-0.2, -0.15) is 0 Å². The van der Waals surface area contributed by atoms with Gasteiger partial charge >= 0.3 is 0 Å². The van der Waals surface area contributed by atoms with Crippen LogP contribution in [0.15, 0.2) is 30.3 Å². The van der Waals surface area contributed by atoms with Crippen molar-refractivity contribution < 1.29 is 23.7 Å². The highest BCUT2D eigenvalue weighted by atomic mass is 16.5. The Bertz CT molecular complexity index is 818. The molecular formula is C20H23NO5. The Morgan fingerprint density at radius 2 is 1.69 bits per heavy atom. The summed E-state index contributed by atoms with van der Waals surface area (Å²) in [6.45, 7) is 2.43. The van der Waals surface area contributed by atoms with Crippen LogP contribution in [0.5, 0.6) is 23.0 Å². The van der Waals surface area contributed by atoms with Gasteiger partial charge in [-0.05, 0) is 24.6 Å². The van der Waals surface area contributed by atoms with Gasteiger partial charge in [-0.1, -0.05) is 12.1 Å². The molecule has 0 fully saturated rings. The van der Waals surface area contributed by atoms with E-state index in [2.05, 4.69) is 5.32 Å². The average molecular weight is 357 g/mol. The molecule has 0 radical (unpaired) electrons. The monoisotopic (exact) mass is 357 g/mol. The first-order valence-corrected chi connectivity index (χ1v) is 8.48. The molecule has 0 aliphatic carbocycles. The van der Waals surface area contributed by atoms with Crippen molar-refractivity contribution in [2.75, 3.05) is 33.3 Å². The van der Waals surface area contributed by atoms with Crippen LogP contribution in [0, 0.1) is 0 Å². The fraction of sp³-hybridized carbons (Fsp3) is 0.350. The molecule has 6 heteroatoms. The standard InChI is InChI=1S/C20H23NO5/c1-5-26-20-12(7-6-8-16(20)23-2)13-10-19(22)21-15-11-18(25-4)17(24-3)9-14(13)15/h6-9,11,13H,5,10H2,1-4H3,(H,21,22)/t13-/m1/s1. The van der Waals surface area contributed by atoms with Crippen LogP contribution >= 0.6 is 0 Å². The van der Waals surface area contributed by atoms with Gasteiger partial charge in [0.1, 0.15) is 0 Å². The lowest BCUT2D eigenvalue weighted by atomic mass is 9.84. The Morgan fingerprint density at radius 1 is 1.00 bits per heavy atom. The fourth-order valence-electron chi connectivity index (χ4n) is 3.33. The second-order valence-electron chi connectivity index (χ2n) is 5.91. The van der Waals surface area contributed by atoms with Gasteiger partial charge in [-0.3, -0.25) is 4.79 Å². The molecule has 1 aliphatic heterocycles. The summed E-state index contributed by atoms with van der Waals surface area (Å²) in [7, 11) is 4.77. The lowest BCUT2D eigenvalue weighted by molar-refractivity contribution is -0.116. The van der Waals surface area contributed by atoms with E-state index < -0.39 is 0 Å². The molecule has 2 aromatic carbocycles. The SMILES string of the molecule is CCOc1c(OC)cccc1[C@H]1CC(=O)Nc2cc(OC)c(OC)cc21. The van der Waals surface area contributed by atoms with Gasteiger partial charge in [0.15, 0.2) is 23.0 Å². The molecule has 0 spiro atoms. The molecule has 1 atom stereocenters. The third kappa shape index (κ3) is 3.14. The van der Waals surface area contributed by atoms with Crippen LogP contribution in [-0.2, 0) is 4.79 Å². The number of carbonyl (C=O) groups excluding carboxylic acids is 1. The summed E-state index contributed by atoms with van der Waals surface area (Å²) in [5.74, 6) is 2.28. The van der Waals surface area contributed by atoms with Crippen molar-refractivity contribution in [1.82, 2.24) is 0 Å². The highest BCUT2D eigenvalue weighted by Gasteiger charge is 2.31. The van der Waals surface area contributed by atoms with E-state index in [0.717, 1.165) is 11.1 Å². The van der Waals surface area contributed by atoms with E-state index in [1.54, 1.807) is 27.4 Å². The van der Waals surface area contributed by atoms with E-state index >= 15 is 0 Å². The first kappa shape index (κ1) is 17.9. The second-order valence-corrected chi connectivity index (χ2v) is 5.91. The third-order valence-corrected chi connectivity index (χ3v) is 4.49. The first-order chi connectivity index (χ1) is 12.6. The van der Waals surface area contributed by atoms with Gasteiger partial charge in [0.05, 0.1) is 27.9 Å². The molecule has 3 rings (SSSR count). The van der Waals surface area contributed by atoms with E-state index in [1.165, 1.54) is 0 Å². The molecule has 0 aromatic heterocycles. The van der Waals surface area contributed by atoms with E-state index in [0.29, 0.717) is 41.7 Å². The summed E-state index contributed by atoms with van der Waals surface area (Å²) in [6, 6.07) is 9.43. The number of rotatable bonds is 6. The summed E-state index contributed by atoms with van der Waals surface area (Å²) in [6.07, 6.45) is 0.315. The third-order valence-electron chi connectivity index (χ3n) is 4.49. The Morgan fingerprint density at radius 3 is 2.35 bits per heavy atom. The van der Waals surface area contributed by atoms with E-state index in [9.17, 15) is 4.79 Å². The van der Waals surface area contributed by atoms with Crippen molar-refractivity contribution in [3.8, 4) is 23.0 Å². The van der Waals surface area contributed by atoms with Crippen molar-refractivity contribution in [2.45, 2.75) is 19.3 Å². The molecule has 0 unspecified atom stereocenters. The summed E-state index contributed by atoms with van der Waals surface area (Å²) in [5.41, 5.74) is 2.58. The molecule has 0 saturated carbocycles. The van der Waals surface area contributed by atoms with Crippen LogP contribution < -0.4 is 24.3 Å². The lowest BCUT2D eigenvalue weighted by Crippen LogP contribution is -2.24. The highest BCUT2D eigenvalue weighted by molar-refractivity contribution is 5.96. The first-order valence-electron chi connectivity index (χ1n) is 8.48. The lowest BCUT2D eigenvalue weighted by Gasteiger charge is -2.28. The Hall–Kier alpha value is -2.89. The zero-order chi connectivity index (χ0) is 18.7. The van der Waals surface area contributed by atoms with Crippen LogP contribution in [0.3, 0.4) is 0 Å². The normalized spacial score (nSPS) is 15.7. The predicted molar refractivity (Wildman–Crippen MR) is 98.8 cm³/mol. The smallest absolute Gasteiger partial charge is 0.225 e. The minimum Gasteiger partial charge on any atom is -0.493 e. The second kappa shape index (κ2) is 7.56. The molecule has 1 heterocycles. The minimum atomic E-state index is -0.171. The largest absolute Gasteiger partial charge is 0.493 e. The van der Waals surface area contributed by atoms with Gasteiger partial charge in [0.2, 0.25) is 5.91 Å². The van der Waals surface area contributed by atoms with Crippen LogP contribution in [0.1, 0.15) is 30.4 Å². The summed E-state index contributed by atoms with van der Waals surface area (Å²) < 4.78 is 22.1. The number of amides is 1. The van der Waals surface area contributed by atoms with Gasteiger partial charge in [-0.25, -0.2) is 0 Å². The number of nitrogens with one attached hydrogen (secondary N) is 1. The van der Waals surface area contributed by atoms with Crippen molar-refractivity contribution in [1.29, 1.82) is 0 Å². The van der Waals surface area contributed by atoms with Gasteiger partial charge in [0, 0.05) is 29.7 Å². The molecular weight excluding hydrogens is 334 g/mol. The van der Waals surface area contributed by atoms with Gasteiger partial charge in [-0.15, -0.1) is 0 Å². The van der Waals surface area contributed by atoms with Crippen molar-refractivity contribution in [3.63, 3.8) is 0 Å². The van der Waals surface area contributed by atoms with E-state index in [4.69, 9.17) is 18.9 Å². The number of ether oxygens (including phenoxy) is 4. The van der Waals surface area contributed by atoms with Crippen LogP contribution in [-0.4, -0.2) is 33.8 Å². The predicted octanol–water partition coefficient (Wildman–Crippen LogP) is 3.59. The van der Waals surface area contributed by atoms with Crippen LogP contribution in [0.4, 0.5) is 5.69 Å². The number of anilines is 1. The van der Waals surface area contributed by atoms with E-state index in [-0.39, 0.29) is 11.8 Å². The quantitative estimate of drug-likeness (QED) is 0.856. The minimum absolute atomic E-state index is 0.0556. The average Bonchev–Trinajstić information content (AvgIpc) is 2.66. The summed E-state index contributed by atoms with van der Waals surface area (Å²) >= 11 is 0. The van der Waals surface area contributed by atoms with Crippen molar-refractivity contribution in [2.24, 2.45) is 0 Å². The molecule has 1 N–H and O–H groups in total. The summed E-state index contributed by atoms with van der Waals surface area (Å²) in [5, 5.41) is 2.92. The fourth-order valence-corrected chi connectivity index (χ4v) is 3.33. The molecule has 26 heavy (non-hydrogen) atoms. The molecule has 6 nitrogen and oxygen atoms in total. The number of fused-ring (bicyclic) bond motifs is 1. The number of benzene rings is 2. The molecule has 2 aromatic rings. The Balaban J connectivity index is 2.18. The molecule has 0 saturated heterocycles. The highest BCUT2D eigenvalue weighted by Crippen LogP contribution is 2.47. The Kier molecular flexibility index (Phi) is 5.21. The Labute approximate surface area is 153 Å². The maximum absolute atomic E-state index is 12.3. The number of hydrogen-bond acceptors (Lipinski definition) is 5. The number of hydrogen-bond donors (Lipinski definition) is 1. The summed E-state index contributed by atoms with van der Waals surface area (Å²) in [4.78, 5) is 12.3. The van der Waals surface area contributed by atoms with Gasteiger partial charge in [0.25, 0.3) is 0 Å². The van der Waals surface area contributed by atoms with Gasteiger partial charge < -0.3 is 24.3 Å². The van der Waals surface area contributed by atoms with Crippen molar-refractivity contribution >= 4 is 11.6 Å². The number of methoxy groups -OCH3 is 3. The molecule has 138 valence electrons. The topological polar surface area (TPSA) is 66.0 Å². The number of carbonyl (C=O) groups is 1. The van der Waals surface area contributed by atoms with Crippen molar-refractivity contribution in [3.05, 3.63) is 41.5 Å². The zero-order valence-electron chi connectivity index (χ0n) is 15.4. The maximum Gasteiger partial charge on any atom is 0.225 e. The van der Waals surface area contributed by atoms with Crippen LogP contribution in [0.2, 0.25) is 0 Å². The van der Waals surface area contributed by atoms with Crippen LogP contribution in [0.25, 0.3) is 0 Å². The number of para-hydroxylation sites is 1. The molecule has 0 bridgehead atoms. The molecule has 1 aliphatic rings. The zero-order valence-corrected chi connectivity index (χ0v) is 15.4.